The number of nitrogens with zero attached hydrogens (tertiary/aromatic N) is 3. The molecule has 2 rings (SSSR count). The predicted octanol–water partition coefficient (Wildman–Crippen LogP) is 5.67. The number of amides is 1. The molecular weight excluding hydrogens is 379 g/mol. The smallest absolute Gasteiger partial charge is 0.227 e. The number of hydrogen-bond acceptors (Lipinski definition) is 4. The highest BCUT2D eigenvalue weighted by Gasteiger charge is 2.56. The maximum Gasteiger partial charge on any atom is 0.227 e. The molecule has 5 nitrogen and oxygen atoms in total. The first-order valence-corrected chi connectivity index (χ1v) is 10.1. The predicted molar refractivity (Wildman–Crippen MR) is 117 cm³/mol. The Balaban J connectivity index is 2.37. The molecule has 1 aromatic carbocycles. The lowest BCUT2D eigenvalue weighted by Gasteiger charge is -2.42. The van der Waals surface area contributed by atoms with Crippen molar-refractivity contribution in [2.24, 2.45) is 27.0 Å². The van der Waals surface area contributed by atoms with Crippen LogP contribution in [0.3, 0.4) is 0 Å². The van der Waals surface area contributed by atoms with E-state index in [1.54, 1.807) is 38.1 Å². The minimum atomic E-state index is -0.940. The summed E-state index contributed by atoms with van der Waals surface area (Å²) in [4.78, 5) is 13.1. The summed E-state index contributed by atoms with van der Waals surface area (Å²) in [6.07, 6.45) is 3.18. The van der Waals surface area contributed by atoms with Crippen LogP contribution < -0.4 is 5.32 Å². The Kier molecular flexibility index (Phi) is 6.66. The molecule has 1 amide bonds. The number of rotatable bonds is 6. The fourth-order valence-corrected chi connectivity index (χ4v) is 4.22. The monoisotopic (exact) mass is 410 g/mol. The van der Waals surface area contributed by atoms with Gasteiger partial charge in [-0.3, -0.25) is 4.79 Å². The number of carbonyl (C=O) groups excluding carboxylic acids is 1. The minimum absolute atomic E-state index is 0.00715. The second kappa shape index (κ2) is 8.51. The number of azo groups is 1. The molecule has 30 heavy (non-hydrogen) atoms. The molecule has 0 heterocycles. The van der Waals surface area contributed by atoms with Crippen LogP contribution in [-0.2, 0) is 4.79 Å². The standard InChI is InChI=1S/C24H31FN4O/c1-16(14-20(29-27-7)17-10-8-9-11-19(17)25)18-12-13-24(6,23(18,4)5)21(30)28-22(2,3)15-26/h8-11,14,18H,1,12-13H2,2-7H3,(H,28,30)/b20-14-,29-27?/t18-,24-/m0/s1. The Labute approximate surface area is 178 Å². The van der Waals surface area contributed by atoms with E-state index in [0.29, 0.717) is 17.7 Å². The summed E-state index contributed by atoms with van der Waals surface area (Å²) in [5.74, 6) is -0.522. The molecule has 160 valence electrons. The molecule has 0 aliphatic heterocycles. The molecule has 0 aromatic heterocycles. The number of allylic oxidation sites excluding steroid dienone is 2. The van der Waals surface area contributed by atoms with Crippen LogP contribution in [0.25, 0.3) is 5.70 Å². The van der Waals surface area contributed by atoms with Gasteiger partial charge in [0.1, 0.15) is 11.4 Å². The normalized spacial score (nSPS) is 23.9. The van der Waals surface area contributed by atoms with Crippen molar-refractivity contribution in [1.29, 1.82) is 5.26 Å². The molecule has 1 aliphatic carbocycles. The van der Waals surface area contributed by atoms with Gasteiger partial charge in [-0.05, 0) is 61.8 Å². The third-order valence-corrected chi connectivity index (χ3v) is 6.56. The van der Waals surface area contributed by atoms with Crippen molar-refractivity contribution in [3.63, 3.8) is 0 Å². The summed E-state index contributed by atoms with van der Waals surface area (Å²) in [5.41, 5.74) is -0.504. The van der Waals surface area contributed by atoms with Gasteiger partial charge in [0.15, 0.2) is 0 Å². The highest BCUT2D eigenvalue weighted by atomic mass is 19.1. The Morgan fingerprint density at radius 3 is 2.57 bits per heavy atom. The van der Waals surface area contributed by atoms with Gasteiger partial charge in [0.2, 0.25) is 5.91 Å². The fraction of sp³-hybridized carbons (Fsp3) is 0.500. The van der Waals surface area contributed by atoms with Crippen LogP contribution in [0.4, 0.5) is 4.39 Å². The number of halogens is 1. The Bertz CT molecular complexity index is 939. The third kappa shape index (κ3) is 4.35. The average molecular weight is 411 g/mol. The summed E-state index contributed by atoms with van der Waals surface area (Å²) < 4.78 is 14.3. The molecule has 0 bridgehead atoms. The van der Waals surface area contributed by atoms with Gasteiger partial charge in [0.25, 0.3) is 0 Å². The van der Waals surface area contributed by atoms with Gasteiger partial charge in [-0.15, -0.1) is 0 Å². The molecule has 0 radical (unpaired) electrons. The number of carbonyl (C=O) groups is 1. The zero-order valence-corrected chi connectivity index (χ0v) is 18.7. The Hall–Kier alpha value is -2.81. The van der Waals surface area contributed by atoms with Crippen molar-refractivity contribution in [2.75, 3.05) is 7.05 Å². The lowest BCUT2D eigenvalue weighted by Crippen LogP contribution is -2.53. The van der Waals surface area contributed by atoms with Gasteiger partial charge in [0.05, 0.1) is 17.2 Å². The van der Waals surface area contributed by atoms with Crippen LogP contribution >= 0.6 is 0 Å². The van der Waals surface area contributed by atoms with Gasteiger partial charge >= 0.3 is 0 Å². The van der Waals surface area contributed by atoms with Crippen molar-refractivity contribution >= 4 is 11.6 Å². The first kappa shape index (κ1) is 23.5. The maximum absolute atomic E-state index is 14.3. The van der Waals surface area contributed by atoms with E-state index >= 15 is 0 Å². The molecule has 1 saturated carbocycles. The van der Waals surface area contributed by atoms with Crippen molar-refractivity contribution in [3.8, 4) is 6.07 Å². The van der Waals surface area contributed by atoms with E-state index in [4.69, 9.17) is 0 Å². The first-order chi connectivity index (χ1) is 13.9. The summed E-state index contributed by atoms with van der Waals surface area (Å²) in [5, 5.41) is 20.1. The number of benzene rings is 1. The molecule has 0 spiro atoms. The summed E-state index contributed by atoms with van der Waals surface area (Å²) in [6.45, 7) is 13.7. The van der Waals surface area contributed by atoms with Crippen LogP contribution in [0.15, 0.2) is 52.7 Å². The Morgan fingerprint density at radius 2 is 2.00 bits per heavy atom. The number of nitrogens with one attached hydrogen (secondary N) is 1. The number of nitriles is 1. The van der Waals surface area contributed by atoms with Crippen molar-refractivity contribution < 1.29 is 9.18 Å². The van der Waals surface area contributed by atoms with E-state index in [9.17, 15) is 14.4 Å². The quantitative estimate of drug-likeness (QED) is 0.485. The molecule has 1 N–H and O–H groups in total. The zero-order valence-electron chi connectivity index (χ0n) is 18.7. The molecule has 1 aromatic rings. The summed E-state index contributed by atoms with van der Waals surface area (Å²) in [6, 6.07) is 8.54. The van der Waals surface area contributed by atoms with E-state index in [1.165, 1.54) is 13.1 Å². The highest BCUT2D eigenvalue weighted by molar-refractivity contribution is 5.84. The van der Waals surface area contributed by atoms with Gasteiger partial charge in [-0.2, -0.15) is 15.5 Å². The molecule has 0 saturated heterocycles. The number of hydrogen-bond donors (Lipinski definition) is 1. The van der Waals surface area contributed by atoms with Crippen LogP contribution in [-0.4, -0.2) is 18.5 Å². The van der Waals surface area contributed by atoms with Crippen LogP contribution in [0.2, 0.25) is 0 Å². The third-order valence-electron chi connectivity index (χ3n) is 6.56. The van der Waals surface area contributed by atoms with E-state index < -0.39 is 16.4 Å². The van der Waals surface area contributed by atoms with Crippen LogP contribution in [0.1, 0.15) is 53.0 Å². The molecule has 6 heteroatoms. The van der Waals surface area contributed by atoms with Gasteiger partial charge in [0, 0.05) is 12.6 Å². The van der Waals surface area contributed by atoms with Crippen molar-refractivity contribution in [1.82, 2.24) is 5.32 Å². The molecule has 2 atom stereocenters. The Morgan fingerprint density at radius 1 is 1.37 bits per heavy atom. The van der Waals surface area contributed by atoms with Crippen molar-refractivity contribution in [3.05, 3.63) is 53.9 Å². The lowest BCUT2D eigenvalue weighted by atomic mass is 9.63. The minimum Gasteiger partial charge on any atom is -0.338 e. The lowest BCUT2D eigenvalue weighted by molar-refractivity contribution is -0.136. The van der Waals surface area contributed by atoms with Gasteiger partial charge < -0.3 is 5.32 Å². The zero-order chi connectivity index (χ0) is 22.7. The molecule has 1 fully saturated rings. The van der Waals surface area contributed by atoms with Gasteiger partial charge in [-0.25, -0.2) is 4.39 Å². The van der Waals surface area contributed by atoms with Crippen LogP contribution in [0, 0.1) is 33.9 Å². The largest absolute Gasteiger partial charge is 0.338 e. The second-order valence-electron chi connectivity index (χ2n) is 9.22. The topological polar surface area (TPSA) is 77.6 Å². The van der Waals surface area contributed by atoms with E-state index in [1.807, 2.05) is 20.8 Å². The molecule has 0 unspecified atom stereocenters. The maximum atomic E-state index is 14.3. The first-order valence-electron chi connectivity index (χ1n) is 10.1. The molecule has 1 aliphatic rings. The van der Waals surface area contributed by atoms with Crippen LogP contribution in [0.5, 0.6) is 0 Å². The van der Waals surface area contributed by atoms with E-state index in [-0.39, 0.29) is 17.6 Å². The second-order valence-corrected chi connectivity index (χ2v) is 9.22. The average Bonchev–Trinajstić information content (AvgIpc) is 2.92. The highest BCUT2D eigenvalue weighted by Crippen LogP contribution is 2.58. The molecular formula is C24H31FN4O. The van der Waals surface area contributed by atoms with Gasteiger partial charge in [-0.1, -0.05) is 39.5 Å². The van der Waals surface area contributed by atoms with E-state index in [2.05, 4.69) is 28.2 Å². The van der Waals surface area contributed by atoms with E-state index in [0.717, 1.165) is 12.0 Å². The van der Waals surface area contributed by atoms with Crippen molar-refractivity contribution in [2.45, 2.75) is 53.0 Å². The summed E-state index contributed by atoms with van der Waals surface area (Å²) >= 11 is 0. The summed E-state index contributed by atoms with van der Waals surface area (Å²) in [7, 11) is 1.54. The SMILES string of the molecule is C=C(/C=C(\N=NC)c1ccccc1F)[C@@H]1CC[C@@](C)(C(=O)NC(C)(C)C#N)C1(C)C. The fourth-order valence-electron chi connectivity index (χ4n) is 4.22.